The van der Waals surface area contributed by atoms with Crippen molar-refractivity contribution in [3.05, 3.63) is 47.7 Å². The second-order valence-electron chi connectivity index (χ2n) is 4.14. The second-order valence-corrected chi connectivity index (χ2v) is 4.14. The van der Waals surface area contributed by atoms with Crippen LogP contribution in [0.1, 0.15) is 21.9 Å². The highest BCUT2D eigenvalue weighted by atomic mass is 16.1. The molecule has 0 aliphatic rings. The zero-order valence-corrected chi connectivity index (χ0v) is 10.3. The molecule has 3 aromatic rings. The minimum Gasteiger partial charge on any atom is -0.345 e. The van der Waals surface area contributed by atoms with Gasteiger partial charge in [-0.1, -0.05) is 6.07 Å². The first kappa shape index (κ1) is 11.4. The first-order valence-corrected chi connectivity index (χ1v) is 5.82. The number of carbonyl (C=O) groups excluding carboxylic acids is 1. The highest BCUT2D eigenvalue weighted by Gasteiger charge is 2.12. The SMILES string of the molecule is Cc1[nH]ncc1C(=O)NCc1nnc2ccccn12. The van der Waals surface area contributed by atoms with E-state index in [1.165, 1.54) is 6.20 Å². The molecule has 0 aliphatic carbocycles. The molecule has 96 valence electrons. The Bertz CT molecular complexity index is 728. The van der Waals surface area contributed by atoms with E-state index in [4.69, 9.17) is 0 Å². The van der Waals surface area contributed by atoms with Gasteiger partial charge in [-0.05, 0) is 19.1 Å². The normalized spacial score (nSPS) is 10.8. The summed E-state index contributed by atoms with van der Waals surface area (Å²) in [7, 11) is 0. The van der Waals surface area contributed by atoms with Gasteiger partial charge in [-0.15, -0.1) is 10.2 Å². The summed E-state index contributed by atoms with van der Waals surface area (Å²) < 4.78 is 1.84. The topological polar surface area (TPSA) is 88.0 Å². The van der Waals surface area contributed by atoms with E-state index < -0.39 is 0 Å². The molecular weight excluding hydrogens is 244 g/mol. The van der Waals surface area contributed by atoms with Crippen LogP contribution in [0, 0.1) is 6.92 Å². The molecule has 0 aliphatic heterocycles. The molecule has 7 nitrogen and oxygen atoms in total. The van der Waals surface area contributed by atoms with Gasteiger partial charge in [0.05, 0.1) is 18.3 Å². The zero-order chi connectivity index (χ0) is 13.2. The highest BCUT2D eigenvalue weighted by Crippen LogP contribution is 2.05. The summed E-state index contributed by atoms with van der Waals surface area (Å²) in [5.41, 5.74) is 2.03. The summed E-state index contributed by atoms with van der Waals surface area (Å²) in [6.45, 7) is 2.11. The second kappa shape index (κ2) is 4.52. The Morgan fingerprint density at radius 3 is 3.11 bits per heavy atom. The number of rotatable bonds is 3. The van der Waals surface area contributed by atoms with Crippen LogP contribution in [0.15, 0.2) is 30.6 Å². The number of nitrogens with zero attached hydrogens (tertiary/aromatic N) is 4. The molecule has 0 saturated carbocycles. The van der Waals surface area contributed by atoms with Gasteiger partial charge in [0, 0.05) is 11.9 Å². The van der Waals surface area contributed by atoms with E-state index in [1.54, 1.807) is 6.92 Å². The molecule has 0 unspecified atom stereocenters. The molecule has 0 fully saturated rings. The van der Waals surface area contributed by atoms with Crippen molar-refractivity contribution in [3.63, 3.8) is 0 Å². The predicted octanol–water partition coefficient (Wildman–Crippen LogP) is 0.691. The summed E-state index contributed by atoms with van der Waals surface area (Å²) in [6.07, 6.45) is 3.37. The molecule has 0 bridgehead atoms. The smallest absolute Gasteiger partial charge is 0.255 e. The fourth-order valence-electron chi connectivity index (χ4n) is 1.85. The fraction of sp³-hybridized carbons (Fsp3) is 0.167. The number of aromatic amines is 1. The third kappa shape index (κ3) is 2.05. The van der Waals surface area contributed by atoms with Gasteiger partial charge in [0.2, 0.25) is 0 Å². The molecule has 1 amide bonds. The predicted molar refractivity (Wildman–Crippen MR) is 67.5 cm³/mol. The van der Waals surface area contributed by atoms with Crippen molar-refractivity contribution in [3.8, 4) is 0 Å². The minimum absolute atomic E-state index is 0.182. The molecule has 0 spiro atoms. The lowest BCUT2D eigenvalue weighted by Crippen LogP contribution is -2.24. The van der Waals surface area contributed by atoms with Crippen molar-refractivity contribution in [1.82, 2.24) is 30.1 Å². The number of carbonyl (C=O) groups is 1. The maximum absolute atomic E-state index is 11.9. The Balaban J connectivity index is 1.76. The van der Waals surface area contributed by atoms with Crippen LogP contribution >= 0.6 is 0 Å². The van der Waals surface area contributed by atoms with Crippen molar-refractivity contribution in [2.24, 2.45) is 0 Å². The molecule has 3 heterocycles. The van der Waals surface area contributed by atoms with E-state index in [0.717, 1.165) is 11.3 Å². The Hall–Kier alpha value is -2.70. The van der Waals surface area contributed by atoms with E-state index >= 15 is 0 Å². The van der Waals surface area contributed by atoms with Crippen molar-refractivity contribution in [2.75, 3.05) is 0 Å². The maximum atomic E-state index is 11.9. The molecule has 0 atom stereocenters. The van der Waals surface area contributed by atoms with Gasteiger partial charge in [-0.3, -0.25) is 14.3 Å². The van der Waals surface area contributed by atoms with Crippen molar-refractivity contribution in [2.45, 2.75) is 13.5 Å². The molecule has 3 rings (SSSR count). The number of fused-ring (bicyclic) bond motifs is 1. The summed E-state index contributed by atoms with van der Waals surface area (Å²) in [4.78, 5) is 11.9. The van der Waals surface area contributed by atoms with Crippen LogP contribution in [0.3, 0.4) is 0 Å². The van der Waals surface area contributed by atoms with Gasteiger partial charge in [-0.2, -0.15) is 5.10 Å². The number of H-pyrrole nitrogens is 1. The first-order valence-electron chi connectivity index (χ1n) is 5.82. The molecule has 3 aromatic heterocycles. The lowest BCUT2D eigenvalue weighted by Gasteiger charge is -2.03. The van der Waals surface area contributed by atoms with Gasteiger partial charge < -0.3 is 5.32 Å². The van der Waals surface area contributed by atoms with Crippen LogP contribution < -0.4 is 5.32 Å². The van der Waals surface area contributed by atoms with Gasteiger partial charge in [0.1, 0.15) is 0 Å². The number of aryl methyl sites for hydroxylation is 1. The number of hydrogen-bond donors (Lipinski definition) is 2. The van der Waals surface area contributed by atoms with Crippen LogP contribution in [0.2, 0.25) is 0 Å². The van der Waals surface area contributed by atoms with E-state index in [2.05, 4.69) is 25.7 Å². The number of amides is 1. The summed E-state index contributed by atoms with van der Waals surface area (Å²) in [6, 6.07) is 5.64. The average Bonchev–Trinajstić information content (AvgIpc) is 3.02. The minimum atomic E-state index is -0.182. The van der Waals surface area contributed by atoms with E-state index in [0.29, 0.717) is 17.9 Å². The molecule has 0 aromatic carbocycles. The molecular formula is C12H12N6O. The Morgan fingerprint density at radius 2 is 2.32 bits per heavy atom. The molecule has 0 radical (unpaired) electrons. The fourth-order valence-corrected chi connectivity index (χ4v) is 1.85. The quantitative estimate of drug-likeness (QED) is 0.721. The van der Waals surface area contributed by atoms with Crippen LogP contribution in [0.5, 0.6) is 0 Å². The largest absolute Gasteiger partial charge is 0.345 e. The summed E-state index contributed by atoms with van der Waals surface area (Å²) >= 11 is 0. The van der Waals surface area contributed by atoms with Gasteiger partial charge in [0.15, 0.2) is 11.5 Å². The molecule has 7 heteroatoms. The maximum Gasteiger partial charge on any atom is 0.255 e. The monoisotopic (exact) mass is 256 g/mol. The standard InChI is InChI=1S/C12H12N6O/c1-8-9(6-14-15-8)12(19)13-7-11-17-16-10-4-2-3-5-18(10)11/h2-6H,7H2,1H3,(H,13,19)(H,14,15). The number of aromatic nitrogens is 5. The third-order valence-electron chi connectivity index (χ3n) is 2.87. The number of nitrogens with one attached hydrogen (secondary N) is 2. The number of hydrogen-bond acceptors (Lipinski definition) is 4. The lowest BCUT2D eigenvalue weighted by atomic mass is 10.2. The van der Waals surface area contributed by atoms with Crippen molar-refractivity contribution >= 4 is 11.6 Å². The number of pyridine rings is 1. The Morgan fingerprint density at radius 1 is 1.42 bits per heavy atom. The van der Waals surface area contributed by atoms with Crippen molar-refractivity contribution < 1.29 is 4.79 Å². The van der Waals surface area contributed by atoms with Gasteiger partial charge in [0.25, 0.3) is 5.91 Å². The van der Waals surface area contributed by atoms with E-state index in [1.807, 2.05) is 28.8 Å². The Labute approximate surface area is 108 Å². The first-order chi connectivity index (χ1) is 9.25. The van der Waals surface area contributed by atoms with Gasteiger partial charge >= 0.3 is 0 Å². The van der Waals surface area contributed by atoms with Gasteiger partial charge in [-0.25, -0.2) is 0 Å². The Kier molecular flexibility index (Phi) is 2.71. The van der Waals surface area contributed by atoms with Crippen LogP contribution in [0.4, 0.5) is 0 Å². The van der Waals surface area contributed by atoms with E-state index in [-0.39, 0.29) is 5.91 Å². The zero-order valence-electron chi connectivity index (χ0n) is 10.3. The lowest BCUT2D eigenvalue weighted by molar-refractivity contribution is 0.0949. The third-order valence-corrected chi connectivity index (χ3v) is 2.87. The highest BCUT2D eigenvalue weighted by molar-refractivity contribution is 5.94. The van der Waals surface area contributed by atoms with Crippen LogP contribution in [-0.2, 0) is 6.54 Å². The summed E-state index contributed by atoms with van der Waals surface area (Å²) in [5.74, 6) is 0.504. The van der Waals surface area contributed by atoms with Crippen LogP contribution in [0.25, 0.3) is 5.65 Å². The molecule has 0 saturated heterocycles. The summed E-state index contributed by atoms with van der Waals surface area (Å²) in [5, 5.41) is 17.4. The molecule has 2 N–H and O–H groups in total. The average molecular weight is 256 g/mol. The van der Waals surface area contributed by atoms with E-state index in [9.17, 15) is 4.79 Å². The molecule has 19 heavy (non-hydrogen) atoms. The van der Waals surface area contributed by atoms with Crippen LogP contribution in [-0.4, -0.2) is 30.7 Å². The van der Waals surface area contributed by atoms with Crippen molar-refractivity contribution in [1.29, 1.82) is 0 Å².